The Morgan fingerprint density at radius 1 is 1.29 bits per heavy atom. The lowest BCUT2D eigenvalue weighted by Crippen LogP contribution is -2.52. The third kappa shape index (κ3) is 2.71. The fourth-order valence-electron chi connectivity index (χ4n) is 3.19. The van der Waals surface area contributed by atoms with E-state index in [9.17, 15) is 19.1 Å². The smallest absolute Gasteiger partial charge is 0.328 e. The molecule has 0 aromatic heterocycles. The molecule has 0 aromatic carbocycles. The molecule has 6 nitrogen and oxygen atoms in total. The zero-order valence-electron chi connectivity index (χ0n) is 9.45. The lowest BCUT2D eigenvalue weighted by atomic mass is 9.73. The molecule has 98 valence electrons. The first-order valence-corrected chi connectivity index (χ1v) is 7.59. The highest BCUT2D eigenvalue weighted by atomic mass is 31.2. The van der Waals surface area contributed by atoms with Gasteiger partial charge in [-0.1, -0.05) is 6.42 Å². The van der Waals surface area contributed by atoms with Crippen LogP contribution in [0.2, 0.25) is 0 Å². The average molecular weight is 263 g/mol. The number of carboxylic acids is 1. The zero-order chi connectivity index (χ0) is 12.6. The normalized spacial score (nSPS) is 38.5. The summed E-state index contributed by atoms with van der Waals surface area (Å²) in [6, 6.07) is -0.664. The number of fused-ring (bicyclic) bond motifs is 1. The van der Waals surface area contributed by atoms with E-state index in [1.807, 2.05) is 0 Å². The first-order chi connectivity index (χ1) is 7.89. The number of hydrogen-bond donors (Lipinski definition) is 4. The molecule has 1 heterocycles. The minimum Gasteiger partial charge on any atom is -0.480 e. The van der Waals surface area contributed by atoms with Crippen molar-refractivity contribution in [1.82, 2.24) is 5.32 Å². The summed E-state index contributed by atoms with van der Waals surface area (Å²) in [6.45, 7) is 0.554. The molecule has 4 atom stereocenters. The fraction of sp³-hybridized carbons (Fsp3) is 0.900. The number of piperidine rings is 1. The van der Waals surface area contributed by atoms with Crippen LogP contribution in [0.25, 0.3) is 0 Å². The maximum Gasteiger partial charge on any atom is 0.328 e. The van der Waals surface area contributed by atoms with E-state index in [1.165, 1.54) is 0 Å². The monoisotopic (exact) mass is 263 g/mol. The molecule has 0 bridgehead atoms. The van der Waals surface area contributed by atoms with Crippen LogP contribution in [0.4, 0.5) is 0 Å². The standard InChI is InChI=1S/C10H18NO5P/c12-10(13)8-4-7-6(5-11-8)2-1-3-9(7)17(14,15)16/h6-9,11H,1-5H2,(H,12,13)(H2,14,15,16)/t6-,7+,8+,9-/m1/s1. The molecule has 0 unspecified atom stereocenters. The third-order valence-electron chi connectivity index (χ3n) is 4.04. The zero-order valence-corrected chi connectivity index (χ0v) is 10.3. The Bertz CT molecular complexity index is 355. The number of carbonyl (C=O) groups is 1. The Kier molecular flexibility index (Phi) is 3.59. The van der Waals surface area contributed by atoms with Crippen LogP contribution in [-0.2, 0) is 9.36 Å². The Labute approximate surface area is 99.6 Å². The SMILES string of the molecule is O=C(O)[C@@H]1C[C@H]2[C@H](CCC[C@H]2P(=O)(O)O)CN1. The minimum atomic E-state index is -4.11. The van der Waals surface area contributed by atoms with Crippen molar-refractivity contribution in [2.75, 3.05) is 6.54 Å². The van der Waals surface area contributed by atoms with Crippen LogP contribution in [-0.4, -0.2) is 39.1 Å². The third-order valence-corrected chi connectivity index (χ3v) is 5.54. The van der Waals surface area contributed by atoms with Gasteiger partial charge in [0.1, 0.15) is 6.04 Å². The summed E-state index contributed by atoms with van der Waals surface area (Å²) in [5.41, 5.74) is -0.648. The van der Waals surface area contributed by atoms with E-state index in [1.54, 1.807) is 0 Å². The molecule has 17 heavy (non-hydrogen) atoms. The predicted octanol–water partition coefficient (Wildman–Crippen LogP) is 0.395. The molecule has 1 saturated carbocycles. The molecule has 1 aliphatic carbocycles. The van der Waals surface area contributed by atoms with Gasteiger partial charge in [-0.2, -0.15) is 0 Å². The van der Waals surface area contributed by atoms with Gasteiger partial charge in [-0.15, -0.1) is 0 Å². The summed E-state index contributed by atoms with van der Waals surface area (Å²) in [6.07, 6.45) is 2.59. The van der Waals surface area contributed by atoms with Crippen molar-refractivity contribution in [3.05, 3.63) is 0 Å². The van der Waals surface area contributed by atoms with Crippen molar-refractivity contribution >= 4 is 13.6 Å². The van der Waals surface area contributed by atoms with E-state index in [0.717, 1.165) is 12.8 Å². The molecule has 0 amide bonds. The van der Waals surface area contributed by atoms with Crippen molar-refractivity contribution in [2.24, 2.45) is 11.8 Å². The van der Waals surface area contributed by atoms with Gasteiger partial charge in [-0.25, -0.2) is 0 Å². The summed E-state index contributed by atoms with van der Waals surface area (Å²) >= 11 is 0. The van der Waals surface area contributed by atoms with E-state index >= 15 is 0 Å². The van der Waals surface area contributed by atoms with E-state index in [4.69, 9.17) is 5.11 Å². The van der Waals surface area contributed by atoms with Crippen molar-refractivity contribution in [2.45, 2.75) is 37.4 Å². The van der Waals surface area contributed by atoms with E-state index < -0.39 is 25.3 Å². The quantitative estimate of drug-likeness (QED) is 0.537. The highest BCUT2D eigenvalue weighted by Gasteiger charge is 2.46. The highest BCUT2D eigenvalue weighted by Crippen LogP contribution is 2.53. The van der Waals surface area contributed by atoms with Gasteiger partial charge in [0.2, 0.25) is 0 Å². The summed E-state index contributed by atoms with van der Waals surface area (Å²) in [7, 11) is -4.11. The molecule has 0 aromatic rings. The Hall–Kier alpha value is -0.420. The van der Waals surface area contributed by atoms with Gasteiger partial charge >= 0.3 is 13.6 Å². The largest absolute Gasteiger partial charge is 0.480 e. The van der Waals surface area contributed by atoms with Gasteiger partial charge in [0, 0.05) is 0 Å². The second-order valence-corrected chi connectivity index (χ2v) is 6.89. The second kappa shape index (κ2) is 4.69. The summed E-state index contributed by atoms with van der Waals surface area (Å²) < 4.78 is 11.4. The van der Waals surface area contributed by atoms with Gasteiger partial charge in [-0.3, -0.25) is 9.36 Å². The molecule has 1 saturated heterocycles. The van der Waals surface area contributed by atoms with Crippen LogP contribution in [0.15, 0.2) is 0 Å². The maximum absolute atomic E-state index is 11.4. The van der Waals surface area contributed by atoms with Crippen molar-refractivity contribution in [1.29, 1.82) is 0 Å². The lowest BCUT2D eigenvalue weighted by Gasteiger charge is -2.43. The van der Waals surface area contributed by atoms with Gasteiger partial charge in [0.15, 0.2) is 0 Å². The molecule has 7 heteroatoms. The summed E-state index contributed by atoms with van der Waals surface area (Å²) in [4.78, 5) is 29.6. The number of nitrogens with one attached hydrogen (secondary N) is 1. The molecular weight excluding hydrogens is 245 g/mol. The molecule has 0 spiro atoms. The number of rotatable bonds is 2. The summed E-state index contributed by atoms with van der Waals surface area (Å²) in [5, 5.41) is 11.9. The first kappa shape index (κ1) is 13.0. The van der Waals surface area contributed by atoms with E-state index in [0.29, 0.717) is 19.4 Å². The summed E-state index contributed by atoms with van der Waals surface area (Å²) in [5.74, 6) is -0.887. The Morgan fingerprint density at radius 3 is 2.59 bits per heavy atom. The Balaban J connectivity index is 2.15. The molecule has 4 N–H and O–H groups in total. The molecule has 2 fully saturated rings. The topological polar surface area (TPSA) is 107 Å². The number of hydrogen-bond acceptors (Lipinski definition) is 3. The van der Waals surface area contributed by atoms with Gasteiger partial charge in [0.25, 0.3) is 0 Å². The number of carboxylic acid groups (broad SMARTS) is 1. The molecule has 0 radical (unpaired) electrons. The van der Waals surface area contributed by atoms with Crippen LogP contribution in [0.3, 0.4) is 0 Å². The van der Waals surface area contributed by atoms with Crippen molar-refractivity contribution in [3.8, 4) is 0 Å². The van der Waals surface area contributed by atoms with Crippen LogP contribution in [0, 0.1) is 11.8 Å². The van der Waals surface area contributed by atoms with Crippen molar-refractivity contribution < 1.29 is 24.3 Å². The second-order valence-electron chi connectivity index (χ2n) is 5.05. The first-order valence-electron chi connectivity index (χ1n) is 5.91. The van der Waals surface area contributed by atoms with Gasteiger partial charge in [0.05, 0.1) is 5.66 Å². The predicted molar refractivity (Wildman–Crippen MR) is 60.7 cm³/mol. The Morgan fingerprint density at radius 2 is 2.00 bits per heavy atom. The van der Waals surface area contributed by atoms with Crippen LogP contribution >= 0.6 is 7.60 Å². The van der Waals surface area contributed by atoms with Crippen LogP contribution in [0.1, 0.15) is 25.7 Å². The molecule has 1 aliphatic heterocycles. The van der Waals surface area contributed by atoms with Crippen LogP contribution in [0.5, 0.6) is 0 Å². The number of aliphatic carboxylic acids is 1. The molecule has 2 aliphatic rings. The van der Waals surface area contributed by atoms with Crippen LogP contribution < -0.4 is 5.32 Å². The highest BCUT2D eigenvalue weighted by molar-refractivity contribution is 7.52. The molecular formula is C10H18NO5P. The van der Waals surface area contributed by atoms with Gasteiger partial charge in [-0.05, 0) is 37.6 Å². The fourth-order valence-corrected chi connectivity index (χ4v) is 4.57. The average Bonchev–Trinajstić information content (AvgIpc) is 2.26. The van der Waals surface area contributed by atoms with E-state index in [2.05, 4.69) is 5.32 Å². The van der Waals surface area contributed by atoms with Gasteiger partial charge < -0.3 is 20.2 Å². The van der Waals surface area contributed by atoms with E-state index in [-0.39, 0.29) is 11.8 Å². The maximum atomic E-state index is 11.4. The minimum absolute atomic E-state index is 0.160. The lowest BCUT2D eigenvalue weighted by molar-refractivity contribution is -0.141. The molecule has 2 rings (SSSR count). The van der Waals surface area contributed by atoms with Crippen molar-refractivity contribution in [3.63, 3.8) is 0 Å².